The van der Waals surface area contributed by atoms with Crippen molar-refractivity contribution in [1.82, 2.24) is 0 Å². The number of rotatable bonds is 4. The van der Waals surface area contributed by atoms with E-state index in [1.807, 2.05) is 55.5 Å². The second-order valence-corrected chi connectivity index (χ2v) is 7.38. The maximum Gasteiger partial charge on any atom is 0.135 e. The van der Waals surface area contributed by atoms with Crippen LogP contribution in [0.3, 0.4) is 0 Å². The van der Waals surface area contributed by atoms with Crippen LogP contribution in [0.4, 0.5) is 5.69 Å². The van der Waals surface area contributed by atoms with Crippen molar-refractivity contribution in [2.75, 3.05) is 5.32 Å². The lowest BCUT2D eigenvalue weighted by Gasteiger charge is -2.06. The van der Waals surface area contributed by atoms with Crippen molar-refractivity contribution in [3.8, 4) is 11.3 Å². The number of nitrogens with one attached hydrogen (secondary N) is 1. The summed E-state index contributed by atoms with van der Waals surface area (Å²) in [5.41, 5.74) is 3.07. The zero-order valence-corrected chi connectivity index (χ0v) is 16.3. The van der Waals surface area contributed by atoms with E-state index in [9.17, 15) is 0 Å². The molecule has 0 unspecified atom stereocenters. The summed E-state index contributed by atoms with van der Waals surface area (Å²) in [4.78, 5) is 0. The van der Waals surface area contributed by atoms with E-state index in [1.54, 1.807) is 0 Å². The molecule has 3 rings (SSSR count). The second-order valence-electron chi connectivity index (χ2n) is 5.21. The van der Waals surface area contributed by atoms with Gasteiger partial charge in [0.05, 0.1) is 6.54 Å². The average Bonchev–Trinajstić information content (AvgIpc) is 2.97. The van der Waals surface area contributed by atoms with Crippen LogP contribution in [0.2, 0.25) is 5.02 Å². The van der Waals surface area contributed by atoms with Crippen LogP contribution in [0.15, 0.2) is 61.9 Å². The zero-order valence-electron chi connectivity index (χ0n) is 12.4. The van der Waals surface area contributed by atoms with Crippen LogP contribution < -0.4 is 5.32 Å². The van der Waals surface area contributed by atoms with Gasteiger partial charge in [0.1, 0.15) is 11.5 Å². The van der Waals surface area contributed by atoms with Gasteiger partial charge in [0, 0.05) is 25.2 Å². The van der Waals surface area contributed by atoms with E-state index in [2.05, 4.69) is 37.2 Å². The Kier molecular flexibility index (Phi) is 5.14. The molecule has 0 spiro atoms. The highest BCUT2D eigenvalue weighted by Gasteiger charge is 2.09. The Bertz CT molecular complexity index is 845. The van der Waals surface area contributed by atoms with E-state index in [0.29, 0.717) is 6.54 Å². The fourth-order valence-electron chi connectivity index (χ4n) is 2.20. The SMILES string of the molecule is Cc1ccc(NCc2ccc(-c3ccc(Br)cc3Br)o2)cc1Cl. The van der Waals surface area contributed by atoms with Gasteiger partial charge in [0.2, 0.25) is 0 Å². The fraction of sp³-hybridized carbons (Fsp3) is 0.111. The summed E-state index contributed by atoms with van der Waals surface area (Å²) in [7, 11) is 0. The topological polar surface area (TPSA) is 25.2 Å². The predicted molar refractivity (Wildman–Crippen MR) is 103 cm³/mol. The quantitative estimate of drug-likeness (QED) is 0.456. The van der Waals surface area contributed by atoms with Crippen molar-refractivity contribution in [2.45, 2.75) is 13.5 Å². The number of anilines is 1. The lowest BCUT2D eigenvalue weighted by molar-refractivity contribution is 0.531. The molecule has 1 aromatic heterocycles. The summed E-state index contributed by atoms with van der Waals surface area (Å²) in [6.07, 6.45) is 0. The molecule has 0 radical (unpaired) electrons. The fourth-order valence-corrected chi connectivity index (χ4v) is 3.62. The van der Waals surface area contributed by atoms with Gasteiger partial charge in [-0.15, -0.1) is 0 Å². The van der Waals surface area contributed by atoms with Gasteiger partial charge < -0.3 is 9.73 Å². The molecular formula is C18H14Br2ClNO. The van der Waals surface area contributed by atoms with Crippen LogP contribution in [0.5, 0.6) is 0 Å². The summed E-state index contributed by atoms with van der Waals surface area (Å²) in [5, 5.41) is 4.08. The molecule has 0 aliphatic rings. The molecule has 1 heterocycles. The highest BCUT2D eigenvalue weighted by molar-refractivity contribution is 9.11. The second kappa shape index (κ2) is 7.12. The Morgan fingerprint density at radius 3 is 2.61 bits per heavy atom. The third kappa shape index (κ3) is 4.00. The molecule has 0 amide bonds. The maximum absolute atomic E-state index is 6.14. The first-order chi connectivity index (χ1) is 11.0. The maximum atomic E-state index is 6.14. The third-order valence-electron chi connectivity index (χ3n) is 3.50. The summed E-state index contributed by atoms with van der Waals surface area (Å²) < 4.78 is 7.94. The van der Waals surface area contributed by atoms with E-state index in [0.717, 1.165) is 42.3 Å². The minimum Gasteiger partial charge on any atom is -0.459 e. The lowest BCUT2D eigenvalue weighted by atomic mass is 10.2. The van der Waals surface area contributed by atoms with Crippen LogP contribution in [0.1, 0.15) is 11.3 Å². The van der Waals surface area contributed by atoms with E-state index >= 15 is 0 Å². The van der Waals surface area contributed by atoms with Gasteiger partial charge in [-0.1, -0.05) is 33.6 Å². The van der Waals surface area contributed by atoms with Crippen molar-refractivity contribution in [3.63, 3.8) is 0 Å². The number of hydrogen-bond acceptors (Lipinski definition) is 2. The Morgan fingerprint density at radius 2 is 1.87 bits per heavy atom. The van der Waals surface area contributed by atoms with Gasteiger partial charge in [0.15, 0.2) is 0 Å². The standard InChI is InChI=1S/C18H14Br2ClNO/c1-11-2-4-13(9-17(11)21)22-10-14-5-7-18(23-14)15-6-3-12(19)8-16(15)20/h2-9,22H,10H2,1H3. The number of furan rings is 1. The van der Waals surface area contributed by atoms with Gasteiger partial charge >= 0.3 is 0 Å². The minimum atomic E-state index is 0.605. The van der Waals surface area contributed by atoms with Crippen LogP contribution in [0.25, 0.3) is 11.3 Å². The number of hydrogen-bond donors (Lipinski definition) is 1. The Labute approximate surface area is 157 Å². The summed E-state index contributed by atoms with van der Waals surface area (Å²) in [5.74, 6) is 1.70. The molecule has 5 heteroatoms. The number of benzene rings is 2. The smallest absolute Gasteiger partial charge is 0.135 e. The Balaban J connectivity index is 1.73. The first kappa shape index (κ1) is 16.6. The Hall–Kier alpha value is -1.23. The largest absolute Gasteiger partial charge is 0.459 e. The van der Waals surface area contributed by atoms with Gasteiger partial charge in [0.25, 0.3) is 0 Å². The molecule has 0 atom stereocenters. The normalized spacial score (nSPS) is 10.8. The number of halogens is 3. The summed E-state index contributed by atoms with van der Waals surface area (Å²) in [6, 6.07) is 15.9. The van der Waals surface area contributed by atoms with E-state index in [4.69, 9.17) is 16.0 Å². The minimum absolute atomic E-state index is 0.605. The third-order valence-corrected chi connectivity index (χ3v) is 5.05. The molecular weight excluding hydrogens is 441 g/mol. The van der Waals surface area contributed by atoms with Gasteiger partial charge in [-0.25, -0.2) is 0 Å². The molecule has 23 heavy (non-hydrogen) atoms. The van der Waals surface area contributed by atoms with Gasteiger partial charge in [-0.2, -0.15) is 0 Å². The van der Waals surface area contributed by atoms with Crippen LogP contribution in [-0.2, 0) is 6.54 Å². The van der Waals surface area contributed by atoms with E-state index in [-0.39, 0.29) is 0 Å². The van der Waals surface area contributed by atoms with Crippen LogP contribution in [0, 0.1) is 6.92 Å². The van der Waals surface area contributed by atoms with Gasteiger partial charge in [-0.3, -0.25) is 0 Å². The summed E-state index contributed by atoms with van der Waals surface area (Å²) in [6.45, 7) is 2.59. The monoisotopic (exact) mass is 453 g/mol. The molecule has 0 saturated carbocycles. The van der Waals surface area contributed by atoms with Gasteiger partial charge in [-0.05, 0) is 70.9 Å². The van der Waals surface area contributed by atoms with Crippen molar-refractivity contribution in [1.29, 1.82) is 0 Å². The highest BCUT2D eigenvalue weighted by Crippen LogP contribution is 2.32. The molecule has 0 saturated heterocycles. The van der Waals surface area contributed by atoms with Crippen molar-refractivity contribution in [2.24, 2.45) is 0 Å². The molecule has 3 aromatic rings. The first-order valence-corrected chi connectivity index (χ1v) is 9.03. The van der Waals surface area contributed by atoms with E-state index < -0.39 is 0 Å². The number of aryl methyl sites for hydroxylation is 1. The van der Waals surface area contributed by atoms with E-state index in [1.165, 1.54) is 0 Å². The molecule has 0 bridgehead atoms. The molecule has 2 aromatic carbocycles. The Morgan fingerprint density at radius 1 is 1.04 bits per heavy atom. The zero-order chi connectivity index (χ0) is 16.4. The summed E-state index contributed by atoms with van der Waals surface area (Å²) >= 11 is 13.2. The first-order valence-electron chi connectivity index (χ1n) is 7.07. The van der Waals surface area contributed by atoms with Crippen LogP contribution >= 0.6 is 43.5 Å². The lowest BCUT2D eigenvalue weighted by Crippen LogP contribution is -1.98. The van der Waals surface area contributed by atoms with Crippen molar-refractivity contribution >= 4 is 49.1 Å². The molecule has 0 aliphatic carbocycles. The molecule has 118 valence electrons. The molecule has 0 aliphatic heterocycles. The van der Waals surface area contributed by atoms with Crippen molar-refractivity contribution in [3.05, 3.63) is 73.8 Å². The molecule has 1 N–H and O–H groups in total. The average molecular weight is 456 g/mol. The molecule has 2 nitrogen and oxygen atoms in total. The highest BCUT2D eigenvalue weighted by atomic mass is 79.9. The van der Waals surface area contributed by atoms with Crippen molar-refractivity contribution < 1.29 is 4.42 Å². The molecule has 0 fully saturated rings. The van der Waals surface area contributed by atoms with Crippen LogP contribution in [-0.4, -0.2) is 0 Å². The predicted octanol–water partition coefficient (Wildman–Crippen LogP) is 7.05.